The lowest BCUT2D eigenvalue weighted by Crippen LogP contribution is -2.27. The van der Waals surface area contributed by atoms with Gasteiger partial charge in [-0.15, -0.1) is 0 Å². The first-order valence-corrected chi connectivity index (χ1v) is 7.91. The Kier molecular flexibility index (Phi) is 5.36. The van der Waals surface area contributed by atoms with Crippen LogP contribution in [-0.2, 0) is 0 Å². The zero-order chi connectivity index (χ0) is 14.5. The number of carbonyl (C=O) groups is 1. The summed E-state index contributed by atoms with van der Waals surface area (Å²) in [6, 6.07) is 4.23. The van der Waals surface area contributed by atoms with Crippen molar-refractivity contribution in [1.29, 1.82) is 0 Å². The van der Waals surface area contributed by atoms with E-state index in [1.54, 1.807) is 0 Å². The van der Waals surface area contributed by atoms with Crippen molar-refractivity contribution in [1.82, 2.24) is 4.90 Å². The maximum Gasteiger partial charge on any atom is 0.164 e. The van der Waals surface area contributed by atoms with E-state index in [-0.39, 0.29) is 0 Å². The van der Waals surface area contributed by atoms with Gasteiger partial charge in [0.15, 0.2) is 5.78 Å². The summed E-state index contributed by atoms with van der Waals surface area (Å²) in [6.45, 7) is 9.45. The zero-order valence-electron chi connectivity index (χ0n) is 13.2. The highest BCUT2D eigenvalue weighted by Crippen LogP contribution is 2.19. The molecular formula is C18H27NO. The maximum atomic E-state index is 12.5. The molecule has 20 heavy (non-hydrogen) atoms. The number of benzene rings is 1. The molecule has 1 heterocycles. The summed E-state index contributed by atoms with van der Waals surface area (Å²) in [5, 5.41) is 0. The van der Waals surface area contributed by atoms with Gasteiger partial charge in [0, 0.05) is 18.5 Å². The summed E-state index contributed by atoms with van der Waals surface area (Å²) in [5.41, 5.74) is 4.45. The van der Waals surface area contributed by atoms with Gasteiger partial charge in [-0.25, -0.2) is 0 Å². The quantitative estimate of drug-likeness (QED) is 0.771. The Bertz CT molecular complexity index is 447. The molecule has 0 unspecified atom stereocenters. The van der Waals surface area contributed by atoms with Crippen LogP contribution < -0.4 is 0 Å². The fourth-order valence-electron chi connectivity index (χ4n) is 3.36. The Morgan fingerprint density at radius 1 is 1.00 bits per heavy atom. The average Bonchev–Trinajstić information content (AvgIpc) is 2.63. The molecule has 1 fully saturated rings. The maximum absolute atomic E-state index is 12.5. The van der Waals surface area contributed by atoms with E-state index < -0.39 is 0 Å². The Morgan fingerprint density at radius 3 is 2.10 bits per heavy atom. The fourth-order valence-corrected chi connectivity index (χ4v) is 3.36. The number of hydrogen-bond acceptors (Lipinski definition) is 2. The highest BCUT2D eigenvalue weighted by Gasteiger charge is 2.15. The Labute approximate surface area is 123 Å². The molecule has 0 aromatic heterocycles. The van der Waals surface area contributed by atoms with Crippen LogP contribution >= 0.6 is 0 Å². The second-order valence-corrected chi connectivity index (χ2v) is 6.20. The molecule has 2 rings (SSSR count). The van der Waals surface area contributed by atoms with E-state index in [1.165, 1.54) is 44.3 Å². The van der Waals surface area contributed by atoms with Crippen LogP contribution in [0.4, 0.5) is 0 Å². The summed E-state index contributed by atoms with van der Waals surface area (Å²) in [7, 11) is 0. The first-order valence-electron chi connectivity index (χ1n) is 7.91. The van der Waals surface area contributed by atoms with Crippen LogP contribution in [0.5, 0.6) is 0 Å². The molecule has 1 aliphatic heterocycles. The number of Topliss-reactive ketones (excluding diaryl/α,β-unsaturated/α-hetero) is 1. The fraction of sp³-hybridized carbons (Fsp3) is 0.611. The molecular weight excluding hydrogens is 246 g/mol. The largest absolute Gasteiger partial charge is 0.303 e. The van der Waals surface area contributed by atoms with Crippen molar-refractivity contribution in [3.63, 3.8) is 0 Å². The number of aryl methyl sites for hydroxylation is 3. The SMILES string of the molecule is Cc1cc(C)c(C(=O)CCN2CCCCCC2)c(C)c1. The third-order valence-corrected chi connectivity index (χ3v) is 4.31. The van der Waals surface area contributed by atoms with Crippen LogP contribution in [0.3, 0.4) is 0 Å². The number of rotatable bonds is 4. The molecule has 110 valence electrons. The predicted octanol–water partition coefficient (Wildman–Crippen LogP) is 4.06. The van der Waals surface area contributed by atoms with Crippen LogP contribution in [0.25, 0.3) is 0 Å². The third kappa shape index (κ3) is 3.92. The standard InChI is InChI=1S/C18H27NO/c1-14-12-15(2)18(16(3)13-14)17(20)8-11-19-9-6-4-5-7-10-19/h12-13H,4-11H2,1-3H3. The van der Waals surface area contributed by atoms with E-state index in [0.29, 0.717) is 12.2 Å². The lowest BCUT2D eigenvalue weighted by Gasteiger charge is -2.19. The second-order valence-electron chi connectivity index (χ2n) is 6.20. The van der Waals surface area contributed by atoms with Crippen LogP contribution in [0, 0.1) is 20.8 Å². The number of ketones is 1. The van der Waals surface area contributed by atoms with Crippen molar-refractivity contribution in [3.05, 3.63) is 34.4 Å². The molecule has 0 amide bonds. The van der Waals surface area contributed by atoms with E-state index in [2.05, 4.69) is 37.8 Å². The first kappa shape index (κ1) is 15.2. The summed E-state index contributed by atoms with van der Waals surface area (Å²) in [6.07, 6.45) is 5.93. The van der Waals surface area contributed by atoms with Crippen LogP contribution in [0.15, 0.2) is 12.1 Å². The normalized spacial score (nSPS) is 16.9. The number of hydrogen-bond donors (Lipinski definition) is 0. The molecule has 2 heteroatoms. The summed E-state index contributed by atoms with van der Waals surface area (Å²) in [4.78, 5) is 15.0. The Balaban J connectivity index is 1.98. The molecule has 0 saturated carbocycles. The topological polar surface area (TPSA) is 20.3 Å². The summed E-state index contributed by atoms with van der Waals surface area (Å²) in [5.74, 6) is 0.309. The van der Waals surface area contributed by atoms with Crippen molar-refractivity contribution < 1.29 is 4.79 Å². The van der Waals surface area contributed by atoms with Gasteiger partial charge in [0.1, 0.15) is 0 Å². The number of nitrogens with zero attached hydrogens (tertiary/aromatic N) is 1. The highest BCUT2D eigenvalue weighted by molar-refractivity contribution is 5.99. The molecule has 1 aromatic carbocycles. The smallest absolute Gasteiger partial charge is 0.164 e. The van der Waals surface area contributed by atoms with Crippen molar-refractivity contribution >= 4 is 5.78 Å². The van der Waals surface area contributed by atoms with E-state index in [9.17, 15) is 4.79 Å². The van der Waals surface area contributed by atoms with Gasteiger partial charge in [-0.05, 0) is 57.8 Å². The van der Waals surface area contributed by atoms with Gasteiger partial charge in [0.2, 0.25) is 0 Å². The van der Waals surface area contributed by atoms with Crippen molar-refractivity contribution in [2.45, 2.75) is 52.9 Å². The van der Waals surface area contributed by atoms with Gasteiger partial charge in [-0.1, -0.05) is 30.5 Å². The second kappa shape index (κ2) is 7.03. The lowest BCUT2D eigenvalue weighted by molar-refractivity contribution is 0.0963. The van der Waals surface area contributed by atoms with Gasteiger partial charge in [0.05, 0.1) is 0 Å². The molecule has 1 aliphatic rings. The van der Waals surface area contributed by atoms with Crippen molar-refractivity contribution in [2.75, 3.05) is 19.6 Å². The van der Waals surface area contributed by atoms with Crippen molar-refractivity contribution in [3.8, 4) is 0 Å². The van der Waals surface area contributed by atoms with Gasteiger partial charge < -0.3 is 4.90 Å². The van der Waals surface area contributed by atoms with Crippen molar-refractivity contribution in [2.24, 2.45) is 0 Å². The molecule has 0 spiro atoms. The van der Waals surface area contributed by atoms with Crippen LogP contribution in [-0.4, -0.2) is 30.3 Å². The molecule has 0 bridgehead atoms. The molecule has 0 aliphatic carbocycles. The molecule has 2 nitrogen and oxygen atoms in total. The van der Waals surface area contributed by atoms with Gasteiger partial charge in [0.25, 0.3) is 0 Å². The summed E-state index contributed by atoms with van der Waals surface area (Å²) >= 11 is 0. The minimum absolute atomic E-state index is 0.309. The molecule has 1 saturated heterocycles. The Morgan fingerprint density at radius 2 is 1.55 bits per heavy atom. The predicted molar refractivity (Wildman–Crippen MR) is 84.5 cm³/mol. The first-order chi connectivity index (χ1) is 9.58. The monoisotopic (exact) mass is 273 g/mol. The van der Waals surface area contributed by atoms with Gasteiger partial charge in [-0.2, -0.15) is 0 Å². The zero-order valence-corrected chi connectivity index (χ0v) is 13.2. The minimum atomic E-state index is 0.309. The van der Waals surface area contributed by atoms with E-state index in [0.717, 1.165) is 23.2 Å². The highest BCUT2D eigenvalue weighted by atomic mass is 16.1. The minimum Gasteiger partial charge on any atom is -0.303 e. The number of likely N-dealkylation sites (tertiary alicyclic amines) is 1. The molecule has 0 radical (unpaired) electrons. The molecule has 0 atom stereocenters. The third-order valence-electron chi connectivity index (χ3n) is 4.31. The van der Waals surface area contributed by atoms with Gasteiger partial charge >= 0.3 is 0 Å². The van der Waals surface area contributed by atoms with Crippen LogP contribution in [0.2, 0.25) is 0 Å². The Hall–Kier alpha value is -1.15. The van der Waals surface area contributed by atoms with E-state index in [1.807, 2.05) is 0 Å². The molecule has 1 aromatic rings. The van der Waals surface area contributed by atoms with Crippen LogP contribution in [0.1, 0.15) is 59.2 Å². The average molecular weight is 273 g/mol. The number of carbonyl (C=O) groups excluding carboxylic acids is 1. The lowest BCUT2D eigenvalue weighted by atomic mass is 9.95. The van der Waals surface area contributed by atoms with Gasteiger partial charge in [-0.3, -0.25) is 4.79 Å². The van der Waals surface area contributed by atoms with E-state index >= 15 is 0 Å². The summed E-state index contributed by atoms with van der Waals surface area (Å²) < 4.78 is 0. The van der Waals surface area contributed by atoms with E-state index in [4.69, 9.17) is 0 Å². The molecule has 0 N–H and O–H groups in total.